The zero-order valence-electron chi connectivity index (χ0n) is 23.2. The number of aromatic nitrogens is 4. The summed E-state index contributed by atoms with van der Waals surface area (Å²) in [5.74, 6) is 2.22. The van der Waals surface area contributed by atoms with E-state index in [4.69, 9.17) is 24.5 Å². The Kier molecular flexibility index (Phi) is 7.04. The summed E-state index contributed by atoms with van der Waals surface area (Å²) >= 11 is 0. The van der Waals surface area contributed by atoms with Crippen LogP contribution in [0.3, 0.4) is 0 Å². The Morgan fingerprint density at radius 2 is 1.34 bits per heavy atom. The molecule has 0 N–H and O–H groups in total. The first-order chi connectivity index (χ1) is 20.0. The lowest BCUT2D eigenvalue weighted by Gasteiger charge is -2.23. The van der Waals surface area contributed by atoms with Crippen molar-refractivity contribution in [2.24, 2.45) is 0 Å². The van der Waals surface area contributed by atoms with Crippen molar-refractivity contribution in [3.05, 3.63) is 144 Å². The maximum Gasteiger partial charge on any atom is 0.231 e. The summed E-state index contributed by atoms with van der Waals surface area (Å²) in [6, 6.07) is 39.3. The summed E-state index contributed by atoms with van der Waals surface area (Å²) in [6.07, 6.45) is 2.00. The minimum atomic E-state index is -0.449. The second kappa shape index (κ2) is 11.1. The smallest absolute Gasteiger partial charge is 0.231 e. The molecule has 6 heteroatoms. The number of hydrogen-bond acceptors (Lipinski definition) is 5. The Labute approximate surface area is 239 Å². The fourth-order valence-corrected chi connectivity index (χ4v) is 4.60. The van der Waals surface area contributed by atoms with Crippen LogP contribution in [-0.2, 0) is 5.41 Å². The van der Waals surface area contributed by atoms with Crippen molar-refractivity contribution in [1.82, 2.24) is 19.7 Å². The number of rotatable bonds is 8. The highest BCUT2D eigenvalue weighted by Gasteiger charge is 2.28. The van der Waals surface area contributed by atoms with Crippen LogP contribution in [0.4, 0.5) is 0 Å². The third-order valence-corrected chi connectivity index (χ3v) is 6.92. The van der Waals surface area contributed by atoms with Crippen LogP contribution < -0.4 is 9.47 Å². The van der Waals surface area contributed by atoms with Crippen molar-refractivity contribution < 1.29 is 9.47 Å². The maximum absolute atomic E-state index is 6.27. The van der Waals surface area contributed by atoms with E-state index >= 15 is 0 Å². The van der Waals surface area contributed by atoms with Crippen LogP contribution in [0, 0.1) is 6.92 Å². The van der Waals surface area contributed by atoms with E-state index in [0.29, 0.717) is 23.3 Å². The van der Waals surface area contributed by atoms with E-state index < -0.39 is 5.41 Å². The third kappa shape index (κ3) is 5.72. The molecule has 6 aromatic rings. The van der Waals surface area contributed by atoms with Crippen LogP contribution in [0.15, 0.2) is 128 Å². The van der Waals surface area contributed by atoms with Gasteiger partial charge in [-0.3, -0.25) is 4.98 Å². The molecule has 0 aliphatic heterocycles. The van der Waals surface area contributed by atoms with Crippen LogP contribution in [0.5, 0.6) is 23.3 Å². The zero-order chi connectivity index (χ0) is 28.2. The lowest BCUT2D eigenvalue weighted by atomic mass is 9.85. The quantitative estimate of drug-likeness (QED) is 0.194. The van der Waals surface area contributed by atoms with E-state index in [1.54, 1.807) is 0 Å². The summed E-state index contributed by atoms with van der Waals surface area (Å²) in [5, 5.41) is 4.92. The Morgan fingerprint density at radius 1 is 0.634 bits per heavy atom. The number of aryl methyl sites for hydroxylation is 1. The topological polar surface area (TPSA) is 62.1 Å². The number of para-hydroxylation sites is 2. The van der Waals surface area contributed by atoms with E-state index in [0.717, 1.165) is 28.3 Å². The summed E-state index contributed by atoms with van der Waals surface area (Å²) in [5.41, 5.74) is 5.09. The molecular formula is C35H30N4O2. The molecule has 0 aliphatic carbocycles. The zero-order valence-corrected chi connectivity index (χ0v) is 23.2. The van der Waals surface area contributed by atoms with Gasteiger partial charge in [-0.25, -0.2) is 4.68 Å². The molecule has 0 bridgehead atoms. The second-order valence-electron chi connectivity index (χ2n) is 10.4. The largest absolute Gasteiger partial charge is 0.439 e. The summed E-state index contributed by atoms with van der Waals surface area (Å²) < 4.78 is 14.2. The highest BCUT2D eigenvalue weighted by molar-refractivity contribution is 5.66. The molecule has 202 valence electrons. The lowest BCUT2D eigenvalue weighted by Crippen LogP contribution is -2.22. The SMILES string of the molecule is Cc1cccc(-n2ccc(C(C)(C)c3cccc(-c4ccc(Oc5ccccc5)nc4Oc4ccccc4)n3)n2)c1. The minimum absolute atomic E-state index is 0.413. The van der Waals surface area contributed by atoms with Gasteiger partial charge in [-0.2, -0.15) is 10.1 Å². The van der Waals surface area contributed by atoms with Crippen molar-refractivity contribution >= 4 is 0 Å². The molecule has 0 aliphatic rings. The van der Waals surface area contributed by atoms with Gasteiger partial charge in [0.05, 0.1) is 33.7 Å². The average molecular weight is 539 g/mol. The number of ether oxygens (including phenoxy) is 2. The van der Waals surface area contributed by atoms with Gasteiger partial charge >= 0.3 is 0 Å². The van der Waals surface area contributed by atoms with Crippen LogP contribution in [0.25, 0.3) is 16.9 Å². The molecular weight excluding hydrogens is 508 g/mol. The van der Waals surface area contributed by atoms with Crippen molar-refractivity contribution in [2.45, 2.75) is 26.2 Å². The van der Waals surface area contributed by atoms with Crippen LogP contribution >= 0.6 is 0 Å². The van der Waals surface area contributed by atoms with Gasteiger partial charge < -0.3 is 9.47 Å². The predicted octanol–water partition coefficient (Wildman–Crippen LogP) is 8.55. The van der Waals surface area contributed by atoms with Gasteiger partial charge in [-0.05, 0) is 87.0 Å². The molecule has 3 aromatic carbocycles. The third-order valence-electron chi connectivity index (χ3n) is 6.92. The molecule has 0 radical (unpaired) electrons. The first kappa shape index (κ1) is 26.0. The molecule has 0 atom stereocenters. The molecule has 6 rings (SSSR count). The summed E-state index contributed by atoms with van der Waals surface area (Å²) in [7, 11) is 0. The van der Waals surface area contributed by atoms with E-state index in [1.165, 1.54) is 5.56 Å². The highest BCUT2D eigenvalue weighted by Crippen LogP contribution is 2.36. The Hall–Kier alpha value is -5.23. The number of nitrogens with zero attached hydrogens (tertiary/aromatic N) is 4. The first-order valence-corrected chi connectivity index (χ1v) is 13.5. The molecule has 0 unspecified atom stereocenters. The standard InChI is InChI=1S/C35H30N4O2/c1-25-12-10-13-26(24-25)39-23-22-32(38-39)35(2,3)31-19-11-18-30(36-31)29-20-21-33(40-27-14-6-4-7-15-27)37-34(29)41-28-16-8-5-9-17-28/h4-24H,1-3H3. The summed E-state index contributed by atoms with van der Waals surface area (Å²) in [4.78, 5) is 9.83. The number of hydrogen-bond donors (Lipinski definition) is 0. The van der Waals surface area contributed by atoms with Crippen molar-refractivity contribution in [2.75, 3.05) is 0 Å². The van der Waals surface area contributed by atoms with Crippen molar-refractivity contribution in [1.29, 1.82) is 0 Å². The lowest BCUT2D eigenvalue weighted by molar-refractivity contribution is 0.427. The van der Waals surface area contributed by atoms with Gasteiger partial charge in [0.15, 0.2) is 0 Å². The Morgan fingerprint density at radius 3 is 2.07 bits per heavy atom. The van der Waals surface area contributed by atoms with E-state index in [9.17, 15) is 0 Å². The fourth-order valence-electron chi connectivity index (χ4n) is 4.60. The van der Waals surface area contributed by atoms with E-state index in [2.05, 4.69) is 45.0 Å². The van der Waals surface area contributed by atoms with E-state index in [1.807, 2.05) is 108 Å². The second-order valence-corrected chi connectivity index (χ2v) is 10.4. The van der Waals surface area contributed by atoms with E-state index in [-0.39, 0.29) is 0 Å². The molecule has 0 fully saturated rings. The van der Waals surface area contributed by atoms with Crippen LogP contribution in [0.1, 0.15) is 30.8 Å². The maximum atomic E-state index is 6.27. The van der Waals surface area contributed by atoms with Gasteiger partial charge in [-0.15, -0.1) is 0 Å². The van der Waals surface area contributed by atoms with Crippen LogP contribution in [-0.4, -0.2) is 19.7 Å². The first-order valence-electron chi connectivity index (χ1n) is 13.5. The van der Waals surface area contributed by atoms with Crippen LogP contribution in [0.2, 0.25) is 0 Å². The van der Waals surface area contributed by atoms with Gasteiger partial charge in [0, 0.05) is 12.3 Å². The number of pyridine rings is 2. The minimum Gasteiger partial charge on any atom is -0.439 e. The monoisotopic (exact) mass is 538 g/mol. The molecule has 0 saturated carbocycles. The molecule has 41 heavy (non-hydrogen) atoms. The molecule has 0 spiro atoms. The molecule has 3 heterocycles. The van der Waals surface area contributed by atoms with Gasteiger partial charge in [0.2, 0.25) is 11.8 Å². The highest BCUT2D eigenvalue weighted by atomic mass is 16.5. The Balaban J connectivity index is 1.35. The number of benzene rings is 3. The molecule has 0 saturated heterocycles. The normalized spacial score (nSPS) is 11.3. The Bertz CT molecular complexity index is 1780. The summed E-state index contributed by atoms with van der Waals surface area (Å²) in [6.45, 7) is 6.36. The average Bonchev–Trinajstić information content (AvgIpc) is 3.50. The van der Waals surface area contributed by atoms with Gasteiger partial charge in [0.1, 0.15) is 11.5 Å². The van der Waals surface area contributed by atoms with Crippen molar-refractivity contribution in [3.63, 3.8) is 0 Å². The predicted molar refractivity (Wildman–Crippen MR) is 161 cm³/mol. The molecule has 6 nitrogen and oxygen atoms in total. The fraction of sp³-hybridized carbons (Fsp3) is 0.114. The van der Waals surface area contributed by atoms with Gasteiger partial charge in [0.25, 0.3) is 0 Å². The molecule has 3 aromatic heterocycles. The van der Waals surface area contributed by atoms with Crippen molar-refractivity contribution in [3.8, 4) is 40.2 Å². The van der Waals surface area contributed by atoms with Gasteiger partial charge in [-0.1, -0.05) is 54.6 Å². The molecule has 0 amide bonds.